The number of nitrogens with zero attached hydrogens (tertiary/aromatic N) is 1. The number of carbonyl (C=O) groups excluding carboxylic acids is 1. The Morgan fingerprint density at radius 1 is 1.31 bits per heavy atom. The fourth-order valence-electron chi connectivity index (χ4n) is 2.44. The highest BCUT2D eigenvalue weighted by atomic mass is 16.3. The molecule has 0 amide bonds. The zero-order valence-corrected chi connectivity index (χ0v) is 8.77. The van der Waals surface area contributed by atoms with Crippen LogP contribution in [0.5, 0.6) is 0 Å². The lowest BCUT2D eigenvalue weighted by Crippen LogP contribution is -2.31. The van der Waals surface area contributed by atoms with Gasteiger partial charge in [0.15, 0.2) is 0 Å². The van der Waals surface area contributed by atoms with Gasteiger partial charge in [0, 0.05) is 5.39 Å². The van der Waals surface area contributed by atoms with Gasteiger partial charge in [-0.3, -0.25) is 0 Å². The molecular weight excluding hydrogens is 202 g/mol. The fourth-order valence-corrected chi connectivity index (χ4v) is 2.44. The van der Waals surface area contributed by atoms with E-state index in [1.807, 2.05) is 24.3 Å². The predicted molar refractivity (Wildman–Crippen MR) is 59.9 cm³/mol. The summed E-state index contributed by atoms with van der Waals surface area (Å²) in [5, 5.41) is 1.06. The van der Waals surface area contributed by atoms with Crippen LogP contribution in [0.15, 0.2) is 39.9 Å². The van der Waals surface area contributed by atoms with Gasteiger partial charge in [0.1, 0.15) is 5.58 Å². The minimum absolute atomic E-state index is 0.342. The molecular formula is C13H11NO2. The van der Waals surface area contributed by atoms with Crippen LogP contribution in [0.1, 0.15) is 24.8 Å². The van der Waals surface area contributed by atoms with Crippen molar-refractivity contribution in [2.45, 2.75) is 24.8 Å². The van der Waals surface area contributed by atoms with Gasteiger partial charge in [-0.15, -0.1) is 0 Å². The van der Waals surface area contributed by atoms with Gasteiger partial charge >= 0.3 is 0 Å². The van der Waals surface area contributed by atoms with E-state index in [1.54, 1.807) is 12.3 Å². The first kappa shape index (κ1) is 9.37. The van der Waals surface area contributed by atoms with E-state index >= 15 is 0 Å². The monoisotopic (exact) mass is 213 g/mol. The fraction of sp³-hybridized carbons (Fsp3) is 0.308. The number of benzene rings is 1. The minimum Gasteiger partial charge on any atom is -0.464 e. The Kier molecular flexibility index (Phi) is 1.95. The summed E-state index contributed by atoms with van der Waals surface area (Å²) < 4.78 is 5.36. The molecule has 1 heterocycles. The van der Waals surface area contributed by atoms with Crippen molar-refractivity contribution in [3.8, 4) is 0 Å². The molecule has 0 radical (unpaired) electrons. The molecule has 1 fully saturated rings. The van der Waals surface area contributed by atoms with Crippen molar-refractivity contribution in [2.75, 3.05) is 0 Å². The summed E-state index contributed by atoms with van der Waals surface area (Å²) in [7, 11) is 0. The molecule has 3 nitrogen and oxygen atoms in total. The largest absolute Gasteiger partial charge is 0.464 e. The topological polar surface area (TPSA) is 42.6 Å². The second kappa shape index (κ2) is 3.32. The Labute approximate surface area is 92.8 Å². The summed E-state index contributed by atoms with van der Waals surface area (Å²) in [6.07, 6.45) is 6.34. The normalized spacial score (nSPS) is 17.8. The van der Waals surface area contributed by atoms with Gasteiger partial charge < -0.3 is 4.42 Å². The second-order valence-electron chi connectivity index (χ2n) is 4.23. The van der Waals surface area contributed by atoms with Crippen LogP contribution in [0.25, 0.3) is 11.0 Å². The molecule has 0 N–H and O–H groups in total. The SMILES string of the molecule is O=C=NC1(c2cccc3occc23)CCC1. The van der Waals surface area contributed by atoms with Crippen molar-refractivity contribution < 1.29 is 9.21 Å². The van der Waals surface area contributed by atoms with Crippen LogP contribution in [0.2, 0.25) is 0 Å². The maximum Gasteiger partial charge on any atom is 0.235 e. The molecule has 16 heavy (non-hydrogen) atoms. The lowest BCUT2D eigenvalue weighted by Gasteiger charge is -2.37. The standard InChI is InChI=1S/C13H11NO2/c15-9-14-13(6-2-7-13)11-3-1-4-12-10(11)5-8-16-12/h1,3-5,8H,2,6-7H2. The van der Waals surface area contributed by atoms with Crippen LogP contribution in [-0.2, 0) is 10.3 Å². The highest BCUT2D eigenvalue weighted by Gasteiger charge is 2.40. The van der Waals surface area contributed by atoms with Crippen molar-refractivity contribution >= 4 is 17.0 Å². The summed E-state index contributed by atoms with van der Waals surface area (Å²) in [5.74, 6) is 0. The number of fused-ring (bicyclic) bond motifs is 1. The summed E-state index contributed by atoms with van der Waals surface area (Å²) in [6.45, 7) is 0. The molecule has 0 aliphatic heterocycles. The van der Waals surface area contributed by atoms with E-state index in [9.17, 15) is 4.79 Å². The number of rotatable bonds is 2. The average Bonchev–Trinajstić information content (AvgIpc) is 2.71. The Bertz CT molecular complexity index is 574. The lowest BCUT2D eigenvalue weighted by atomic mass is 9.71. The van der Waals surface area contributed by atoms with Crippen LogP contribution in [0.3, 0.4) is 0 Å². The van der Waals surface area contributed by atoms with Crippen LogP contribution in [0.4, 0.5) is 0 Å². The molecule has 0 saturated heterocycles. The van der Waals surface area contributed by atoms with E-state index in [0.717, 1.165) is 35.8 Å². The third-order valence-corrected chi connectivity index (χ3v) is 3.44. The molecule has 3 rings (SSSR count). The highest BCUT2D eigenvalue weighted by Crippen LogP contribution is 2.47. The van der Waals surface area contributed by atoms with Gasteiger partial charge in [0.2, 0.25) is 6.08 Å². The summed E-state index contributed by atoms with van der Waals surface area (Å²) in [5.41, 5.74) is 1.60. The van der Waals surface area contributed by atoms with E-state index in [2.05, 4.69) is 4.99 Å². The zero-order valence-electron chi connectivity index (χ0n) is 8.77. The molecule has 1 aliphatic rings. The first-order chi connectivity index (χ1) is 7.86. The van der Waals surface area contributed by atoms with Crippen LogP contribution in [-0.4, -0.2) is 6.08 Å². The van der Waals surface area contributed by atoms with Gasteiger partial charge in [0.25, 0.3) is 0 Å². The molecule has 0 spiro atoms. The molecule has 1 aliphatic carbocycles. The van der Waals surface area contributed by atoms with E-state index < -0.39 is 0 Å². The minimum atomic E-state index is -0.342. The molecule has 2 aromatic rings. The van der Waals surface area contributed by atoms with Gasteiger partial charge in [-0.25, -0.2) is 4.79 Å². The number of hydrogen-bond donors (Lipinski definition) is 0. The van der Waals surface area contributed by atoms with Gasteiger partial charge in [-0.05, 0) is 37.0 Å². The van der Waals surface area contributed by atoms with E-state index in [4.69, 9.17) is 4.42 Å². The number of isocyanates is 1. The number of aliphatic imine (C=N–C) groups is 1. The summed E-state index contributed by atoms with van der Waals surface area (Å²) in [4.78, 5) is 14.6. The van der Waals surface area contributed by atoms with Crippen molar-refractivity contribution in [3.05, 3.63) is 36.1 Å². The highest BCUT2D eigenvalue weighted by molar-refractivity contribution is 5.82. The van der Waals surface area contributed by atoms with Crippen LogP contribution < -0.4 is 0 Å². The van der Waals surface area contributed by atoms with Gasteiger partial charge in [-0.2, -0.15) is 4.99 Å². The van der Waals surface area contributed by atoms with Crippen molar-refractivity contribution in [1.82, 2.24) is 0 Å². The van der Waals surface area contributed by atoms with Gasteiger partial charge in [-0.1, -0.05) is 12.1 Å². The van der Waals surface area contributed by atoms with Crippen LogP contribution >= 0.6 is 0 Å². The van der Waals surface area contributed by atoms with Crippen LogP contribution in [0, 0.1) is 0 Å². The Morgan fingerprint density at radius 3 is 2.88 bits per heavy atom. The van der Waals surface area contributed by atoms with Crippen molar-refractivity contribution in [1.29, 1.82) is 0 Å². The summed E-state index contributed by atoms with van der Waals surface area (Å²) in [6, 6.07) is 7.83. The Hall–Kier alpha value is -1.86. The third-order valence-electron chi connectivity index (χ3n) is 3.44. The number of hydrogen-bond acceptors (Lipinski definition) is 3. The number of furan rings is 1. The maximum atomic E-state index is 10.5. The second-order valence-corrected chi connectivity index (χ2v) is 4.23. The first-order valence-electron chi connectivity index (χ1n) is 5.41. The Balaban J connectivity index is 2.24. The van der Waals surface area contributed by atoms with E-state index in [1.165, 1.54) is 0 Å². The molecule has 1 aromatic carbocycles. The lowest BCUT2D eigenvalue weighted by molar-refractivity contribution is 0.258. The van der Waals surface area contributed by atoms with E-state index in [-0.39, 0.29) is 5.54 Å². The molecule has 0 unspecified atom stereocenters. The molecule has 80 valence electrons. The smallest absolute Gasteiger partial charge is 0.235 e. The maximum absolute atomic E-state index is 10.5. The predicted octanol–water partition coefficient (Wildman–Crippen LogP) is 3.15. The van der Waals surface area contributed by atoms with Gasteiger partial charge in [0.05, 0.1) is 11.8 Å². The quantitative estimate of drug-likeness (QED) is 0.568. The molecule has 0 atom stereocenters. The first-order valence-corrected chi connectivity index (χ1v) is 5.41. The van der Waals surface area contributed by atoms with E-state index in [0.29, 0.717) is 0 Å². The van der Waals surface area contributed by atoms with Crippen molar-refractivity contribution in [3.63, 3.8) is 0 Å². The Morgan fingerprint density at radius 2 is 2.19 bits per heavy atom. The summed E-state index contributed by atoms with van der Waals surface area (Å²) >= 11 is 0. The van der Waals surface area contributed by atoms with Crippen molar-refractivity contribution in [2.24, 2.45) is 4.99 Å². The zero-order chi connectivity index (χ0) is 11.0. The third kappa shape index (κ3) is 1.15. The molecule has 0 bridgehead atoms. The molecule has 1 saturated carbocycles. The average molecular weight is 213 g/mol. The molecule has 1 aromatic heterocycles. The molecule has 3 heteroatoms.